The Labute approximate surface area is 174 Å². The summed E-state index contributed by atoms with van der Waals surface area (Å²) in [5.41, 5.74) is 0.560. The summed E-state index contributed by atoms with van der Waals surface area (Å²) in [4.78, 5) is 27.1. The number of amides is 1. The highest BCUT2D eigenvalue weighted by molar-refractivity contribution is 6.42. The molecule has 146 valence electrons. The third-order valence-corrected chi connectivity index (χ3v) is 5.30. The van der Waals surface area contributed by atoms with E-state index in [1.807, 2.05) is 0 Å². The number of halogens is 3. The van der Waals surface area contributed by atoms with E-state index in [4.69, 9.17) is 27.6 Å². The first-order valence-corrected chi connectivity index (χ1v) is 9.19. The van der Waals surface area contributed by atoms with Crippen molar-refractivity contribution in [1.82, 2.24) is 0 Å². The van der Waals surface area contributed by atoms with Crippen LogP contribution in [0.1, 0.15) is 22.2 Å². The predicted octanol–water partition coefficient (Wildman–Crippen LogP) is 5.51. The second-order valence-electron chi connectivity index (χ2n) is 6.30. The number of furan rings is 1. The highest BCUT2D eigenvalue weighted by Crippen LogP contribution is 2.43. The Hall–Kier alpha value is -3.09. The molecule has 2 heterocycles. The van der Waals surface area contributed by atoms with Crippen LogP contribution in [0.5, 0.6) is 0 Å². The third kappa shape index (κ3) is 3.30. The van der Waals surface area contributed by atoms with Gasteiger partial charge < -0.3 is 9.52 Å². The van der Waals surface area contributed by atoms with Crippen molar-refractivity contribution in [3.8, 4) is 0 Å². The van der Waals surface area contributed by atoms with Gasteiger partial charge in [-0.15, -0.1) is 0 Å². The van der Waals surface area contributed by atoms with Crippen molar-refractivity contribution in [1.29, 1.82) is 0 Å². The smallest absolute Gasteiger partial charge is 0.294 e. The van der Waals surface area contributed by atoms with Gasteiger partial charge in [-0.2, -0.15) is 0 Å². The van der Waals surface area contributed by atoms with Crippen LogP contribution in [0.15, 0.2) is 76.6 Å². The quantitative estimate of drug-likeness (QED) is 0.552. The fraction of sp³-hybridized carbons (Fsp3) is 0.0476. The average molecular weight is 432 g/mol. The number of aliphatic hydroxyl groups is 1. The zero-order chi connectivity index (χ0) is 20.7. The van der Waals surface area contributed by atoms with Gasteiger partial charge in [-0.25, -0.2) is 4.39 Å². The molecule has 0 aliphatic carbocycles. The van der Waals surface area contributed by atoms with Crippen molar-refractivity contribution in [2.24, 2.45) is 0 Å². The van der Waals surface area contributed by atoms with Crippen molar-refractivity contribution < 1.29 is 23.5 Å². The van der Waals surface area contributed by atoms with Crippen LogP contribution >= 0.6 is 23.2 Å². The monoisotopic (exact) mass is 431 g/mol. The second kappa shape index (κ2) is 7.39. The number of carbonyl (C=O) groups is 2. The third-order valence-electron chi connectivity index (χ3n) is 4.56. The molecule has 2 aromatic carbocycles. The van der Waals surface area contributed by atoms with E-state index in [2.05, 4.69) is 0 Å². The molecule has 0 saturated carbocycles. The molecule has 5 nitrogen and oxygen atoms in total. The van der Waals surface area contributed by atoms with E-state index in [1.165, 1.54) is 59.7 Å². The van der Waals surface area contributed by atoms with Gasteiger partial charge in [0.25, 0.3) is 5.91 Å². The topological polar surface area (TPSA) is 70.8 Å². The summed E-state index contributed by atoms with van der Waals surface area (Å²) in [5, 5.41) is 11.1. The molecule has 1 aromatic heterocycles. The lowest BCUT2D eigenvalue weighted by molar-refractivity contribution is -0.117. The van der Waals surface area contributed by atoms with Crippen LogP contribution in [0.4, 0.5) is 10.1 Å². The van der Waals surface area contributed by atoms with Crippen molar-refractivity contribution in [2.45, 2.75) is 6.04 Å². The van der Waals surface area contributed by atoms with Gasteiger partial charge in [0, 0.05) is 5.69 Å². The van der Waals surface area contributed by atoms with Crippen molar-refractivity contribution in [3.63, 3.8) is 0 Å². The number of nitrogens with zero attached hydrogens (tertiary/aromatic N) is 1. The Morgan fingerprint density at radius 1 is 1.07 bits per heavy atom. The number of anilines is 1. The summed E-state index contributed by atoms with van der Waals surface area (Å²) in [6, 6.07) is 11.7. The molecular formula is C21H12Cl2FNO4. The molecule has 3 aromatic rings. The molecule has 0 saturated heterocycles. The first-order valence-electron chi connectivity index (χ1n) is 8.44. The molecule has 1 aliphatic rings. The van der Waals surface area contributed by atoms with E-state index in [-0.39, 0.29) is 16.4 Å². The minimum Gasteiger partial charge on any atom is -0.503 e. The Morgan fingerprint density at radius 2 is 1.79 bits per heavy atom. The summed E-state index contributed by atoms with van der Waals surface area (Å²) in [6.45, 7) is 0. The van der Waals surface area contributed by atoms with Crippen LogP contribution in [0.25, 0.3) is 0 Å². The Morgan fingerprint density at radius 3 is 2.41 bits per heavy atom. The summed E-state index contributed by atoms with van der Waals surface area (Å²) in [6.07, 6.45) is 1.31. The van der Waals surface area contributed by atoms with E-state index in [9.17, 15) is 19.1 Å². The van der Waals surface area contributed by atoms with E-state index in [1.54, 1.807) is 6.07 Å². The van der Waals surface area contributed by atoms with Crippen LogP contribution in [0, 0.1) is 5.82 Å². The standard InChI is InChI=1S/C21H12Cl2FNO4/c22-14-8-3-11(10-15(14)23)18-17(19(26)16-2-1-9-29-16)20(27)21(28)25(18)13-6-4-12(24)5-7-13/h1-10,18,27H. The number of benzene rings is 2. The van der Waals surface area contributed by atoms with Crippen LogP contribution in [0.2, 0.25) is 10.0 Å². The number of aliphatic hydroxyl groups excluding tert-OH is 1. The molecular weight excluding hydrogens is 420 g/mol. The van der Waals surface area contributed by atoms with Gasteiger partial charge >= 0.3 is 0 Å². The SMILES string of the molecule is O=C(C1=C(O)C(=O)N(c2ccc(F)cc2)C1c1ccc(Cl)c(Cl)c1)c1ccco1. The van der Waals surface area contributed by atoms with Crippen LogP contribution < -0.4 is 4.90 Å². The predicted molar refractivity (Wildman–Crippen MR) is 106 cm³/mol. The first-order chi connectivity index (χ1) is 13.9. The Kier molecular flexibility index (Phi) is 4.90. The maximum Gasteiger partial charge on any atom is 0.294 e. The van der Waals surface area contributed by atoms with Gasteiger partial charge in [-0.3, -0.25) is 14.5 Å². The molecule has 8 heteroatoms. The number of hydrogen-bond donors (Lipinski definition) is 1. The van der Waals surface area contributed by atoms with E-state index in [0.29, 0.717) is 16.3 Å². The molecule has 1 unspecified atom stereocenters. The molecule has 1 N–H and O–H groups in total. The first kappa shape index (κ1) is 19.2. The summed E-state index contributed by atoms with van der Waals surface area (Å²) < 4.78 is 18.5. The van der Waals surface area contributed by atoms with Crippen LogP contribution in [0.3, 0.4) is 0 Å². The van der Waals surface area contributed by atoms with E-state index in [0.717, 1.165) is 0 Å². The van der Waals surface area contributed by atoms with Gasteiger partial charge in [0.1, 0.15) is 5.82 Å². The van der Waals surface area contributed by atoms with Crippen LogP contribution in [-0.2, 0) is 4.79 Å². The number of hydrogen-bond acceptors (Lipinski definition) is 4. The molecule has 0 radical (unpaired) electrons. The molecule has 1 aliphatic heterocycles. The lowest BCUT2D eigenvalue weighted by Crippen LogP contribution is -2.31. The Balaban J connectivity index is 1.90. The van der Waals surface area contributed by atoms with E-state index >= 15 is 0 Å². The highest BCUT2D eigenvalue weighted by atomic mass is 35.5. The molecule has 29 heavy (non-hydrogen) atoms. The lowest BCUT2D eigenvalue weighted by atomic mass is 9.95. The number of ketones is 1. The molecule has 0 fully saturated rings. The average Bonchev–Trinajstić information content (AvgIpc) is 3.32. The molecule has 4 rings (SSSR count). The number of Topliss-reactive ketones (excluding diaryl/α,β-unsaturated/α-hetero) is 1. The molecule has 1 atom stereocenters. The van der Waals surface area contributed by atoms with Crippen LogP contribution in [-0.4, -0.2) is 16.8 Å². The zero-order valence-electron chi connectivity index (χ0n) is 14.6. The minimum atomic E-state index is -1.01. The number of carbonyl (C=O) groups excluding carboxylic acids is 2. The highest BCUT2D eigenvalue weighted by Gasteiger charge is 2.45. The van der Waals surface area contributed by atoms with Gasteiger partial charge in [-0.1, -0.05) is 29.3 Å². The largest absolute Gasteiger partial charge is 0.503 e. The van der Waals surface area contributed by atoms with Crippen molar-refractivity contribution in [2.75, 3.05) is 4.90 Å². The minimum absolute atomic E-state index is 0.0367. The molecule has 0 spiro atoms. The van der Waals surface area contributed by atoms with Gasteiger partial charge in [0.15, 0.2) is 11.5 Å². The summed E-state index contributed by atoms with van der Waals surface area (Å²) >= 11 is 12.1. The zero-order valence-corrected chi connectivity index (χ0v) is 16.1. The van der Waals surface area contributed by atoms with Gasteiger partial charge in [-0.05, 0) is 54.1 Å². The maximum atomic E-state index is 13.4. The summed E-state index contributed by atoms with van der Waals surface area (Å²) in [7, 11) is 0. The lowest BCUT2D eigenvalue weighted by Gasteiger charge is -2.27. The number of rotatable bonds is 4. The fourth-order valence-corrected chi connectivity index (χ4v) is 3.55. The maximum absolute atomic E-state index is 13.4. The van der Waals surface area contributed by atoms with Crippen molar-refractivity contribution in [3.05, 3.63) is 99.4 Å². The van der Waals surface area contributed by atoms with Gasteiger partial charge in [0.2, 0.25) is 5.78 Å². The Bertz CT molecular complexity index is 1140. The summed E-state index contributed by atoms with van der Waals surface area (Å²) in [5.74, 6) is -2.70. The van der Waals surface area contributed by atoms with E-state index < -0.39 is 29.3 Å². The van der Waals surface area contributed by atoms with Gasteiger partial charge in [0.05, 0.1) is 27.9 Å². The second-order valence-corrected chi connectivity index (χ2v) is 7.11. The normalized spacial score (nSPS) is 16.6. The molecule has 0 bridgehead atoms. The molecule has 1 amide bonds. The van der Waals surface area contributed by atoms with Crippen molar-refractivity contribution >= 4 is 40.6 Å². The fourth-order valence-electron chi connectivity index (χ4n) is 3.24.